The van der Waals surface area contributed by atoms with E-state index >= 15 is 0 Å². The molecule has 3 rings (SSSR count). The zero-order chi connectivity index (χ0) is 20.5. The van der Waals surface area contributed by atoms with Gasteiger partial charge >= 0.3 is 0 Å². The van der Waals surface area contributed by atoms with Crippen LogP contribution in [0.2, 0.25) is 0 Å². The molecule has 0 radical (unpaired) electrons. The Balaban J connectivity index is 1.88. The minimum absolute atomic E-state index is 0.0185. The average Bonchev–Trinajstić information content (AvgIpc) is 3.05. The van der Waals surface area contributed by atoms with Crippen molar-refractivity contribution in [1.29, 1.82) is 0 Å². The summed E-state index contributed by atoms with van der Waals surface area (Å²) in [4.78, 5) is 0. The van der Waals surface area contributed by atoms with Crippen LogP contribution in [-0.4, -0.2) is 28.6 Å². The van der Waals surface area contributed by atoms with Crippen LogP contribution in [0.4, 0.5) is 0 Å². The Labute approximate surface area is 166 Å². The summed E-state index contributed by atoms with van der Waals surface area (Å²) in [6, 6.07) is 13.5. The SMILES string of the molecule is Cc1cc(C(C)(C)C)cc(C)c1CS(=O)(=O)Cc1nnnn1-c1ccccc1. The lowest BCUT2D eigenvalue weighted by atomic mass is 9.84. The smallest absolute Gasteiger partial charge is 0.171 e. The van der Waals surface area contributed by atoms with Gasteiger partial charge in [-0.15, -0.1) is 5.10 Å². The van der Waals surface area contributed by atoms with E-state index in [1.807, 2.05) is 44.2 Å². The van der Waals surface area contributed by atoms with E-state index in [-0.39, 0.29) is 16.9 Å². The molecule has 7 heteroatoms. The van der Waals surface area contributed by atoms with E-state index in [0.717, 1.165) is 22.4 Å². The summed E-state index contributed by atoms with van der Waals surface area (Å²) >= 11 is 0. The van der Waals surface area contributed by atoms with Crippen molar-refractivity contribution >= 4 is 9.84 Å². The highest BCUT2D eigenvalue weighted by molar-refractivity contribution is 7.89. The first-order chi connectivity index (χ1) is 13.1. The molecule has 1 heterocycles. The normalized spacial score (nSPS) is 12.3. The second-order valence-corrected chi connectivity index (χ2v) is 10.3. The molecule has 0 unspecified atom stereocenters. The molecule has 148 valence electrons. The Hall–Kier alpha value is -2.54. The van der Waals surface area contributed by atoms with Crippen molar-refractivity contribution in [1.82, 2.24) is 20.2 Å². The maximum atomic E-state index is 12.9. The average molecular weight is 399 g/mol. The number of aromatic nitrogens is 4. The number of tetrazole rings is 1. The standard InChI is InChI=1S/C21H26N4O2S/c1-15-11-17(21(3,4)5)12-16(2)19(15)13-28(26,27)14-20-22-23-24-25(20)18-9-7-6-8-10-18/h6-12H,13-14H2,1-5H3. The van der Waals surface area contributed by atoms with Crippen molar-refractivity contribution in [3.63, 3.8) is 0 Å². The summed E-state index contributed by atoms with van der Waals surface area (Å²) < 4.78 is 27.3. The minimum Gasteiger partial charge on any atom is -0.228 e. The monoisotopic (exact) mass is 398 g/mol. The van der Waals surface area contributed by atoms with Gasteiger partial charge < -0.3 is 0 Å². The van der Waals surface area contributed by atoms with Gasteiger partial charge in [-0.25, -0.2) is 8.42 Å². The maximum absolute atomic E-state index is 12.9. The third-order valence-electron chi connectivity index (χ3n) is 4.81. The van der Waals surface area contributed by atoms with Gasteiger partial charge in [-0.05, 0) is 64.1 Å². The topological polar surface area (TPSA) is 77.7 Å². The summed E-state index contributed by atoms with van der Waals surface area (Å²) in [5.41, 5.74) is 4.81. The van der Waals surface area contributed by atoms with Crippen LogP contribution < -0.4 is 0 Å². The fourth-order valence-electron chi connectivity index (χ4n) is 3.19. The van der Waals surface area contributed by atoms with Crippen molar-refractivity contribution in [3.05, 3.63) is 70.5 Å². The molecule has 0 saturated carbocycles. The van der Waals surface area contributed by atoms with Crippen LogP contribution in [0.3, 0.4) is 0 Å². The molecular weight excluding hydrogens is 372 g/mol. The lowest BCUT2D eigenvalue weighted by Crippen LogP contribution is -2.16. The molecule has 0 spiro atoms. The number of para-hydroxylation sites is 1. The number of aryl methyl sites for hydroxylation is 2. The highest BCUT2D eigenvalue weighted by atomic mass is 32.2. The molecule has 2 aromatic carbocycles. The molecule has 0 bridgehead atoms. The van der Waals surface area contributed by atoms with Crippen LogP contribution in [0, 0.1) is 13.8 Å². The van der Waals surface area contributed by atoms with Gasteiger partial charge in [-0.2, -0.15) is 4.68 Å². The van der Waals surface area contributed by atoms with Gasteiger partial charge in [0.05, 0.1) is 11.4 Å². The first-order valence-corrected chi connectivity index (χ1v) is 11.0. The fraction of sp³-hybridized carbons (Fsp3) is 0.381. The van der Waals surface area contributed by atoms with Gasteiger partial charge in [0.1, 0.15) is 5.75 Å². The second kappa shape index (κ2) is 7.47. The van der Waals surface area contributed by atoms with Gasteiger partial charge in [0.25, 0.3) is 0 Å². The van der Waals surface area contributed by atoms with E-state index in [9.17, 15) is 8.42 Å². The van der Waals surface area contributed by atoms with Crippen LogP contribution in [0.15, 0.2) is 42.5 Å². The van der Waals surface area contributed by atoms with Crippen LogP contribution in [0.5, 0.6) is 0 Å². The molecule has 3 aromatic rings. The molecule has 0 aliphatic heterocycles. The Morgan fingerprint density at radius 1 is 0.964 bits per heavy atom. The van der Waals surface area contributed by atoms with Gasteiger partial charge in [0.2, 0.25) is 0 Å². The molecule has 0 N–H and O–H groups in total. The van der Waals surface area contributed by atoms with E-state index in [2.05, 4.69) is 48.4 Å². The summed E-state index contributed by atoms with van der Waals surface area (Å²) in [5.74, 6) is 0.0683. The summed E-state index contributed by atoms with van der Waals surface area (Å²) in [6.45, 7) is 10.4. The third-order valence-corrected chi connectivity index (χ3v) is 6.24. The zero-order valence-electron chi connectivity index (χ0n) is 17.0. The summed E-state index contributed by atoms with van der Waals surface area (Å²) in [5, 5.41) is 11.5. The quantitative estimate of drug-likeness (QED) is 0.655. The predicted molar refractivity (Wildman–Crippen MR) is 110 cm³/mol. The van der Waals surface area contributed by atoms with Crippen LogP contribution in [0.25, 0.3) is 5.69 Å². The molecule has 1 aromatic heterocycles. The van der Waals surface area contributed by atoms with Gasteiger partial charge in [0.15, 0.2) is 15.7 Å². The van der Waals surface area contributed by atoms with Crippen LogP contribution in [-0.2, 0) is 26.8 Å². The summed E-state index contributed by atoms with van der Waals surface area (Å²) in [6.07, 6.45) is 0. The van der Waals surface area contributed by atoms with E-state index in [1.54, 1.807) is 0 Å². The van der Waals surface area contributed by atoms with Crippen molar-refractivity contribution in [2.75, 3.05) is 0 Å². The Morgan fingerprint density at radius 3 is 2.14 bits per heavy atom. The second-order valence-electron chi connectivity index (χ2n) is 8.21. The van der Waals surface area contributed by atoms with E-state index in [4.69, 9.17) is 0 Å². The van der Waals surface area contributed by atoms with Gasteiger partial charge in [-0.3, -0.25) is 0 Å². The number of hydrogen-bond donors (Lipinski definition) is 0. The van der Waals surface area contributed by atoms with Crippen LogP contribution in [0.1, 0.15) is 48.8 Å². The molecular formula is C21H26N4O2S. The minimum atomic E-state index is -3.44. The first-order valence-electron chi connectivity index (χ1n) is 9.20. The largest absolute Gasteiger partial charge is 0.228 e. The summed E-state index contributed by atoms with van der Waals surface area (Å²) in [7, 11) is -3.44. The number of sulfone groups is 1. The number of benzene rings is 2. The molecule has 0 amide bonds. The fourth-order valence-corrected chi connectivity index (χ4v) is 4.76. The van der Waals surface area contributed by atoms with E-state index in [1.165, 1.54) is 10.2 Å². The molecule has 0 atom stereocenters. The maximum Gasteiger partial charge on any atom is 0.171 e. The van der Waals surface area contributed by atoms with Crippen molar-refractivity contribution in [2.45, 2.75) is 51.5 Å². The first kappa shape index (κ1) is 20.2. The molecule has 0 aliphatic carbocycles. The highest BCUT2D eigenvalue weighted by Gasteiger charge is 2.22. The lowest BCUT2D eigenvalue weighted by Gasteiger charge is -2.22. The van der Waals surface area contributed by atoms with Gasteiger partial charge in [-0.1, -0.05) is 51.1 Å². The third kappa shape index (κ3) is 4.47. The molecule has 0 aliphatic rings. The zero-order valence-corrected chi connectivity index (χ0v) is 17.8. The highest BCUT2D eigenvalue weighted by Crippen LogP contribution is 2.28. The van der Waals surface area contributed by atoms with E-state index < -0.39 is 9.84 Å². The lowest BCUT2D eigenvalue weighted by molar-refractivity contribution is 0.587. The van der Waals surface area contributed by atoms with E-state index in [0.29, 0.717) is 5.82 Å². The molecule has 28 heavy (non-hydrogen) atoms. The number of rotatable bonds is 5. The van der Waals surface area contributed by atoms with Crippen molar-refractivity contribution in [3.8, 4) is 5.69 Å². The number of hydrogen-bond acceptors (Lipinski definition) is 5. The van der Waals surface area contributed by atoms with Crippen LogP contribution >= 0.6 is 0 Å². The predicted octanol–water partition coefficient (Wildman–Crippen LogP) is 3.69. The Kier molecular flexibility index (Phi) is 5.39. The number of nitrogens with zero attached hydrogens (tertiary/aromatic N) is 4. The molecule has 0 saturated heterocycles. The Morgan fingerprint density at radius 2 is 1.57 bits per heavy atom. The Bertz CT molecular complexity index is 1060. The molecule has 0 fully saturated rings. The van der Waals surface area contributed by atoms with Crippen molar-refractivity contribution < 1.29 is 8.42 Å². The van der Waals surface area contributed by atoms with Gasteiger partial charge in [0, 0.05) is 0 Å². The van der Waals surface area contributed by atoms with Crippen molar-refractivity contribution in [2.24, 2.45) is 0 Å². The molecule has 6 nitrogen and oxygen atoms in total.